The Morgan fingerprint density at radius 1 is 1.28 bits per heavy atom. The van der Waals surface area contributed by atoms with Crippen molar-refractivity contribution in [1.82, 2.24) is 19.7 Å². The molecule has 0 amide bonds. The molecule has 8 heteroatoms. The molecule has 0 radical (unpaired) electrons. The third-order valence-corrected chi connectivity index (χ3v) is 5.39. The van der Waals surface area contributed by atoms with Crippen molar-refractivity contribution in [2.45, 2.75) is 31.8 Å². The second-order valence-corrected chi connectivity index (χ2v) is 7.46. The van der Waals surface area contributed by atoms with Gasteiger partial charge in [-0.3, -0.25) is 14.6 Å². The van der Waals surface area contributed by atoms with Crippen LogP contribution in [0, 0.1) is 0 Å². The predicted octanol–water partition coefficient (Wildman–Crippen LogP) is 2.83. The van der Waals surface area contributed by atoms with E-state index in [2.05, 4.69) is 16.9 Å². The Morgan fingerprint density at radius 3 is 2.66 bits per heavy atom. The fraction of sp³-hybridized carbons (Fsp3) is 0.333. The van der Waals surface area contributed by atoms with Crippen molar-refractivity contribution < 1.29 is 9.90 Å². The molecule has 1 aromatic carbocycles. The first-order valence-electron chi connectivity index (χ1n) is 9.40. The molecule has 0 aliphatic carbocycles. The van der Waals surface area contributed by atoms with Crippen LogP contribution in [0.25, 0.3) is 10.9 Å². The summed E-state index contributed by atoms with van der Waals surface area (Å²) in [7, 11) is 2.11. The largest absolute Gasteiger partial charge is 0.483 e. The highest BCUT2D eigenvalue weighted by Gasteiger charge is 2.23. The smallest absolute Gasteiger partial charge is 0.293 e. The van der Waals surface area contributed by atoms with E-state index in [1.165, 1.54) is 6.42 Å². The molecule has 0 saturated carbocycles. The Morgan fingerprint density at radius 2 is 2.00 bits per heavy atom. The number of likely N-dealkylation sites (tertiary alicyclic amines) is 1. The van der Waals surface area contributed by atoms with Gasteiger partial charge < -0.3 is 10.0 Å². The Balaban J connectivity index is 0.000000755. The number of rotatable bonds is 4. The molecule has 4 rings (SSSR count). The SMILES string of the molecule is CN1CCC[C@@H]1Cn1nc(Cc2ccc(Cl)cc2)c2cccnc2c1=O.O=CO. The minimum Gasteiger partial charge on any atom is -0.483 e. The molecule has 1 atom stereocenters. The molecule has 1 aliphatic rings. The van der Waals surface area contributed by atoms with Crippen LogP contribution in [0.2, 0.25) is 5.02 Å². The number of halogens is 1. The lowest BCUT2D eigenvalue weighted by Gasteiger charge is -2.20. The molecule has 1 aliphatic heterocycles. The van der Waals surface area contributed by atoms with E-state index in [0.29, 0.717) is 29.5 Å². The maximum absolute atomic E-state index is 12.9. The summed E-state index contributed by atoms with van der Waals surface area (Å²) in [4.78, 5) is 27.9. The highest BCUT2D eigenvalue weighted by atomic mass is 35.5. The second-order valence-electron chi connectivity index (χ2n) is 7.02. The van der Waals surface area contributed by atoms with E-state index in [1.807, 2.05) is 36.4 Å². The van der Waals surface area contributed by atoms with E-state index in [9.17, 15) is 4.79 Å². The molecule has 152 valence electrons. The van der Waals surface area contributed by atoms with Crippen molar-refractivity contribution in [3.63, 3.8) is 0 Å². The standard InChI is InChI=1S/C20H21ClN4O.CH2O2/c1-24-11-3-4-16(24)13-25-20(26)19-17(5-2-10-22-19)18(23-25)12-14-6-8-15(21)9-7-14;2-1-3/h2,5-10,16H,3-4,11-13H2,1H3;1H,(H,2,3)/t16-;/m1./s1. The number of benzene rings is 1. The van der Waals surface area contributed by atoms with Gasteiger partial charge in [0.15, 0.2) is 0 Å². The zero-order chi connectivity index (χ0) is 20.8. The van der Waals surface area contributed by atoms with Crippen molar-refractivity contribution in [2.75, 3.05) is 13.6 Å². The van der Waals surface area contributed by atoms with Gasteiger partial charge in [-0.1, -0.05) is 23.7 Å². The molecule has 3 heterocycles. The number of hydrogen-bond acceptors (Lipinski definition) is 5. The monoisotopic (exact) mass is 414 g/mol. The molecule has 29 heavy (non-hydrogen) atoms. The highest BCUT2D eigenvalue weighted by molar-refractivity contribution is 6.30. The van der Waals surface area contributed by atoms with Crippen LogP contribution < -0.4 is 5.56 Å². The second kappa shape index (κ2) is 9.62. The van der Waals surface area contributed by atoms with Gasteiger partial charge >= 0.3 is 0 Å². The first-order chi connectivity index (χ1) is 14.0. The minimum absolute atomic E-state index is 0.110. The van der Waals surface area contributed by atoms with Gasteiger partial charge in [0.1, 0.15) is 5.52 Å². The van der Waals surface area contributed by atoms with Crippen LogP contribution in [0.5, 0.6) is 0 Å². The Kier molecular flexibility index (Phi) is 6.95. The average Bonchev–Trinajstić information content (AvgIpc) is 3.12. The van der Waals surface area contributed by atoms with Crippen LogP contribution in [0.1, 0.15) is 24.1 Å². The van der Waals surface area contributed by atoms with Crippen LogP contribution in [0.4, 0.5) is 0 Å². The summed E-state index contributed by atoms with van der Waals surface area (Å²) in [6, 6.07) is 11.9. The molecule has 1 N–H and O–H groups in total. The molecule has 7 nitrogen and oxygen atoms in total. The number of fused-ring (bicyclic) bond motifs is 1. The zero-order valence-corrected chi connectivity index (χ0v) is 16.9. The summed E-state index contributed by atoms with van der Waals surface area (Å²) in [5.41, 5.74) is 2.36. The zero-order valence-electron chi connectivity index (χ0n) is 16.2. The van der Waals surface area contributed by atoms with E-state index in [0.717, 1.165) is 29.6 Å². The van der Waals surface area contributed by atoms with Gasteiger partial charge in [-0.15, -0.1) is 0 Å². The fourth-order valence-electron chi connectivity index (χ4n) is 3.64. The Hall–Kier alpha value is -2.77. The van der Waals surface area contributed by atoms with Crippen LogP contribution in [-0.2, 0) is 17.8 Å². The first-order valence-corrected chi connectivity index (χ1v) is 9.78. The molecule has 0 spiro atoms. The molecule has 3 aromatic rings. The number of hydrogen-bond donors (Lipinski definition) is 1. The minimum atomic E-state index is -0.250. The highest BCUT2D eigenvalue weighted by Crippen LogP contribution is 2.19. The third kappa shape index (κ3) is 4.99. The normalized spacial score (nSPS) is 16.4. The van der Waals surface area contributed by atoms with Gasteiger partial charge in [-0.2, -0.15) is 5.10 Å². The number of nitrogens with zero attached hydrogens (tertiary/aromatic N) is 4. The van der Waals surface area contributed by atoms with Crippen LogP contribution >= 0.6 is 11.6 Å². The van der Waals surface area contributed by atoms with E-state index in [1.54, 1.807) is 10.9 Å². The molecule has 0 unspecified atom stereocenters. The van der Waals surface area contributed by atoms with E-state index < -0.39 is 0 Å². The maximum Gasteiger partial charge on any atom is 0.293 e. The number of pyridine rings is 1. The van der Waals surface area contributed by atoms with Gasteiger partial charge in [0.2, 0.25) is 0 Å². The number of carboxylic acid groups (broad SMARTS) is 1. The predicted molar refractivity (Wildman–Crippen MR) is 112 cm³/mol. The summed E-state index contributed by atoms with van der Waals surface area (Å²) >= 11 is 5.99. The number of carbonyl (C=O) groups is 1. The van der Waals surface area contributed by atoms with Crippen LogP contribution in [0.15, 0.2) is 47.4 Å². The maximum atomic E-state index is 12.9. The molecule has 2 aromatic heterocycles. The molecule has 1 fully saturated rings. The van der Waals surface area contributed by atoms with Gasteiger partial charge in [0.05, 0.1) is 12.2 Å². The summed E-state index contributed by atoms with van der Waals surface area (Å²) < 4.78 is 1.60. The van der Waals surface area contributed by atoms with Crippen LogP contribution in [-0.4, -0.2) is 50.9 Å². The molecular formula is C21H23ClN4O3. The van der Waals surface area contributed by atoms with Gasteiger partial charge in [0, 0.05) is 29.1 Å². The van der Waals surface area contributed by atoms with Gasteiger partial charge in [-0.05, 0) is 56.3 Å². The van der Waals surface area contributed by atoms with Crippen molar-refractivity contribution >= 4 is 29.0 Å². The quantitative estimate of drug-likeness (QED) is 0.660. The van der Waals surface area contributed by atoms with Crippen molar-refractivity contribution in [3.8, 4) is 0 Å². The third-order valence-electron chi connectivity index (χ3n) is 5.14. The summed E-state index contributed by atoms with van der Waals surface area (Å²) in [5.74, 6) is 0. The van der Waals surface area contributed by atoms with Crippen molar-refractivity contribution in [3.05, 3.63) is 69.2 Å². The average molecular weight is 415 g/mol. The van der Waals surface area contributed by atoms with E-state index in [-0.39, 0.29) is 12.0 Å². The van der Waals surface area contributed by atoms with Gasteiger partial charge in [0.25, 0.3) is 12.0 Å². The lowest BCUT2D eigenvalue weighted by atomic mass is 10.1. The Bertz CT molecular complexity index is 1040. The number of aromatic nitrogens is 3. The van der Waals surface area contributed by atoms with Crippen molar-refractivity contribution in [2.24, 2.45) is 0 Å². The summed E-state index contributed by atoms with van der Waals surface area (Å²) in [5, 5.41) is 13.1. The van der Waals surface area contributed by atoms with Crippen molar-refractivity contribution in [1.29, 1.82) is 0 Å². The molecule has 1 saturated heterocycles. The summed E-state index contributed by atoms with van der Waals surface area (Å²) in [6.45, 7) is 1.43. The molecule has 0 bridgehead atoms. The lowest BCUT2D eigenvalue weighted by Crippen LogP contribution is -2.35. The first kappa shape index (κ1) is 21.0. The van der Waals surface area contributed by atoms with Crippen LogP contribution in [0.3, 0.4) is 0 Å². The topological polar surface area (TPSA) is 88.3 Å². The van der Waals surface area contributed by atoms with E-state index in [4.69, 9.17) is 26.6 Å². The fourth-order valence-corrected chi connectivity index (χ4v) is 3.76. The van der Waals surface area contributed by atoms with Gasteiger partial charge in [-0.25, -0.2) is 4.68 Å². The number of likely N-dealkylation sites (N-methyl/N-ethyl adjacent to an activating group) is 1. The summed E-state index contributed by atoms with van der Waals surface area (Å²) in [6.07, 6.45) is 4.57. The lowest BCUT2D eigenvalue weighted by molar-refractivity contribution is -0.122. The van der Waals surface area contributed by atoms with E-state index >= 15 is 0 Å². The Labute approximate surface area is 173 Å². The molecular weight excluding hydrogens is 392 g/mol.